The molecule has 0 unspecified atom stereocenters. The number of nitrogen functional groups attached to an aromatic ring is 1. The van der Waals surface area contributed by atoms with Gasteiger partial charge < -0.3 is 20.4 Å². The molecule has 1 aliphatic heterocycles. The van der Waals surface area contributed by atoms with Gasteiger partial charge in [-0.1, -0.05) is 0 Å². The highest BCUT2D eigenvalue weighted by Crippen LogP contribution is 2.29. The molecule has 1 aliphatic rings. The molecular formula is C11H20N6O. The molecule has 1 fully saturated rings. The molecule has 0 spiro atoms. The van der Waals surface area contributed by atoms with Crippen LogP contribution in [0.25, 0.3) is 0 Å². The van der Waals surface area contributed by atoms with E-state index in [0.29, 0.717) is 23.4 Å². The number of likely N-dealkylation sites (tertiary alicyclic amines) is 1. The van der Waals surface area contributed by atoms with Gasteiger partial charge in [0.05, 0.1) is 7.11 Å². The fourth-order valence-corrected chi connectivity index (χ4v) is 2.12. The Morgan fingerprint density at radius 1 is 1.33 bits per heavy atom. The van der Waals surface area contributed by atoms with E-state index in [4.69, 9.17) is 10.6 Å². The summed E-state index contributed by atoms with van der Waals surface area (Å²) < 4.78 is 5.29. The third-order valence-electron chi connectivity index (χ3n) is 3.20. The first-order chi connectivity index (χ1) is 8.74. The summed E-state index contributed by atoms with van der Waals surface area (Å²) in [5.74, 6) is 7.12. The minimum absolute atomic E-state index is 0.413. The first kappa shape index (κ1) is 12.8. The van der Waals surface area contributed by atoms with E-state index < -0.39 is 0 Å². The number of ether oxygens (including phenoxy) is 1. The van der Waals surface area contributed by atoms with Crippen LogP contribution in [-0.2, 0) is 0 Å². The van der Waals surface area contributed by atoms with E-state index in [-0.39, 0.29) is 0 Å². The summed E-state index contributed by atoms with van der Waals surface area (Å²) in [6, 6.07) is 0.413. The number of nitrogens with one attached hydrogen (secondary N) is 2. The number of rotatable bonds is 4. The molecule has 0 saturated carbocycles. The van der Waals surface area contributed by atoms with Gasteiger partial charge in [-0.05, 0) is 33.0 Å². The zero-order valence-corrected chi connectivity index (χ0v) is 10.8. The van der Waals surface area contributed by atoms with Crippen molar-refractivity contribution in [2.24, 2.45) is 5.84 Å². The molecule has 1 saturated heterocycles. The van der Waals surface area contributed by atoms with Gasteiger partial charge in [-0.2, -0.15) is 0 Å². The maximum absolute atomic E-state index is 5.39. The summed E-state index contributed by atoms with van der Waals surface area (Å²) in [7, 11) is 3.72. The Morgan fingerprint density at radius 3 is 2.61 bits per heavy atom. The first-order valence-electron chi connectivity index (χ1n) is 6.05. The van der Waals surface area contributed by atoms with Gasteiger partial charge in [0.25, 0.3) is 0 Å². The van der Waals surface area contributed by atoms with Gasteiger partial charge in [0, 0.05) is 6.04 Å². The average molecular weight is 252 g/mol. The second-order valence-corrected chi connectivity index (χ2v) is 4.47. The maximum atomic E-state index is 5.39. The number of piperidine rings is 1. The fraction of sp³-hybridized carbons (Fsp3) is 0.636. The molecule has 0 aliphatic carbocycles. The molecule has 0 amide bonds. The van der Waals surface area contributed by atoms with E-state index in [1.54, 1.807) is 7.11 Å². The molecule has 1 aromatic rings. The molecule has 1 aromatic heterocycles. The summed E-state index contributed by atoms with van der Waals surface area (Å²) in [5.41, 5.74) is 2.51. The van der Waals surface area contributed by atoms with Crippen LogP contribution in [-0.4, -0.2) is 48.2 Å². The minimum atomic E-state index is 0.413. The second kappa shape index (κ2) is 5.83. The Kier molecular flexibility index (Phi) is 4.16. The van der Waals surface area contributed by atoms with Crippen LogP contribution in [0, 0.1) is 0 Å². The van der Waals surface area contributed by atoms with Gasteiger partial charge in [0.2, 0.25) is 5.75 Å². The lowest BCUT2D eigenvalue weighted by Crippen LogP contribution is -2.37. The van der Waals surface area contributed by atoms with Crippen molar-refractivity contribution in [2.75, 3.05) is 38.0 Å². The Morgan fingerprint density at radius 2 is 2.00 bits per heavy atom. The predicted molar refractivity (Wildman–Crippen MR) is 70.5 cm³/mol. The van der Waals surface area contributed by atoms with Gasteiger partial charge in [0.1, 0.15) is 6.33 Å². The van der Waals surface area contributed by atoms with Crippen molar-refractivity contribution < 1.29 is 4.74 Å². The molecular weight excluding hydrogens is 232 g/mol. The Bertz CT molecular complexity index is 391. The lowest BCUT2D eigenvalue weighted by Gasteiger charge is -2.30. The summed E-state index contributed by atoms with van der Waals surface area (Å²) >= 11 is 0. The zero-order valence-electron chi connectivity index (χ0n) is 10.8. The molecule has 0 bridgehead atoms. The van der Waals surface area contributed by atoms with Gasteiger partial charge >= 0.3 is 0 Å². The highest BCUT2D eigenvalue weighted by Gasteiger charge is 2.19. The van der Waals surface area contributed by atoms with Crippen LogP contribution in [0.4, 0.5) is 11.6 Å². The van der Waals surface area contributed by atoms with Crippen molar-refractivity contribution in [3.05, 3.63) is 6.33 Å². The highest BCUT2D eigenvalue weighted by atomic mass is 16.5. The van der Waals surface area contributed by atoms with E-state index in [1.165, 1.54) is 6.33 Å². The Hall–Kier alpha value is -1.60. The SMILES string of the molecule is COc1c(NN)ncnc1NC1CCN(C)CC1. The van der Waals surface area contributed by atoms with Crippen molar-refractivity contribution >= 4 is 11.6 Å². The minimum Gasteiger partial charge on any atom is -0.490 e. The Labute approximate surface area is 107 Å². The number of hydrogen-bond acceptors (Lipinski definition) is 7. The number of nitrogens with two attached hydrogens (primary N) is 1. The van der Waals surface area contributed by atoms with Crippen LogP contribution in [0.2, 0.25) is 0 Å². The van der Waals surface area contributed by atoms with E-state index in [0.717, 1.165) is 25.9 Å². The summed E-state index contributed by atoms with van der Waals surface area (Å²) in [4.78, 5) is 10.5. The smallest absolute Gasteiger partial charge is 0.205 e. The van der Waals surface area contributed by atoms with Crippen molar-refractivity contribution in [1.82, 2.24) is 14.9 Å². The van der Waals surface area contributed by atoms with E-state index in [2.05, 4.69) is 32.7 Å². The summed E-state index contributed by atoms with van der Waals surface area (Å²) in [6.07, 6.45) is 3.65. The lowest BCUT2D eigenvalue weighted by molar-refractivity contribution is 0.263. The standard InChI is InChI=1S/C11H20N6O/c1-17-5-3-8(4-6-17)15-10-9(18-2)11(16-12)14-7-13-10/h7-8H,3-6,12H2,1-2H3,(H2,13,14,15,16). The maximum Gasteiger partial charge on any atom is 0.205 e. The van der Waals surface area contributed by atoms with E-state index in [9.17, 15) is 0 Å². The quantitative estimate of drug-likeness (QED) is 0.524. The largest absolute Gasteiger partial charge is 0.490 e. The van der Waals surface area contributed by atoms with E-state index >= 15 is 0 Å². The van der Waals surface area contributed by atoms with Crippen molar-refractivity contribution in [2.45, 2.75) is 18.9 Å². The number of aromatic nitrogens is 2. The second-order valence-electron chi connectivity index (χ2n) is 4.47. The topological polar surface area (TPSA) is 88.3 Å². The highest BCUT2D eigenvalue weighted by molar-refractivity contribution is 5.63. The van der Waals surface area contributed by atoms with Crippen LogP contribution in [0.3, 0.4) is 0 Å². The number of anilines is 2. The van der Waals surface area contributed by atoms with Crippen molar-refractivity contribution in [1.29, 1.82) is 0 Å². The molecule has 0 radical (unpaired) electrons. The van der Waals surface area contributed by atoms with E-state index in [1.807, 2.05) is 0 Å². The molecule has 0 atom stereocenters. The number of hydrogen-bond donors (Lipinski definition) is 3. The number of methoxy groups -OCH3 is 1. The summed E-state index contributed by atoms with van der Waals surface area (Å²) in [5, 5.41) is 3.40. The summed E-state index contributed by atoms with van der Waals surface area (Å²) in [6.45, 7) is 2.18. The van der Waals surface area contributed by atoms with Gasteiger partial charge in [-0.3, -0.25) is 0 Å². The Balaban J connectivity index is 2.09. The average Bonchev–Trinajstić information content (AvgIpc) is 2.41. The van der Waals surface area contributed by atoms with Crippen LogP contribution >= 0.6 is 0 Å². The molecule has 7 heteroatoms. The number of hydrazine groups is 1. The van der Waals surface area contributed by atoms with Crippen LogP contribution in [0.15, 0.2) is 6.33 Å². The third kappa shape index (κ3) is 2.80. The first-order valence-corrected chi connectivity index (χ1v) is 6.05. The monoisotopic (exact) mass is 252 g/mol. The third-order valence-corrected chi connectivity index (χ3v) is 3.20. The predicted octanol–water partition coefficient (Wildman–Crippen LogP) is 0.277. The van der Waals surface area contributed by atoms with Gasteiger partial charge in [-0.15, -0.1) is 0 Å². The van der Waals surface area contributed by atoms with Crippen LogP contribution in [0.1, 0.15) is 12.8 Å². The molecule has 18 heavy (non-hydrogen) atoms. The van der Waals surface area contributed by atoms with Gasteiger partial charge in [-0.25, -0.2) is 15.8 Å². The normalized spacial score (nSPS) is 17.5. The van der Waals surface area contributed by atoms with Crippen LogP contribution in [0.5, 0.6) is 5.75 Å². The molecule has 4 N–H and O–H groups in total. The molecule has 100 valence electrons. The van der Waals surface area contributed by atoms with Gasteiger partial charge in [0.15, 0.2) is 11.6 Å². The lowest BCUT2D eigenvalue weighted by atomic mass is 10.1. The molecule has 0 aromatic carbocycles. The number of nitrogens with zero attached hydrogens (tertiary/aromatic N) is 3. The van der Waals surface area contributed by atoms with Crippen LogP contribution < -0.4 is 21.3 Å². The van der Waals surface area contributed by atoms with Crippen molar-refractivity contribution in [3.8, 4) is 5.75 Å². The molecule has 2 rings (SSSR count). The van der Waals surface area contributed by atoms with Crippen molar-refractivity contribution in [3.63, 3.8) is 0 Å². The molecule has 7 nitrogen and oxygen atoms in total. The molecule has 2 heterocycles. The zero-order chi connectivity index (χ0) is 13.0. The fourth-order valence-electron chi connectivity index (χ4n) is 2.12.